The molecular weight excluding hydrogens is 298 g/mol. The smallest absolute Gasteiger partial charge is 0.0950 e. The van der Waals surface area contributed by atoms with E-state index in [1.807, 2.05) is 12.1 Å². The summed E-state index contributed by atoms with van der Waals surface area (Å²) in [6.45, 7) is 0.587. The van der Waals surface area contributed by atoms with Gasteiger partial charge < -0.3 is 10.8 Å². The number of aliphatic hydroxyl groups excluding tert-OH is 1. The van der Waals surface area contributed by atoms with E-state index in [0.717, 1.165) is 21.5 Å². The third kappa shape index (κ3) is 2.92. The summed E-state index contributed by atoms with van der Waals surface area (Å²) in [6, 6.07) is 4.02. The van der Waals surface area contributed by atoms with E-state index in [-0.39, 0.29) is 5.41 Å². The van der Waals surface area contributed by atoms with Crippen LogP contribution in [-0.2, 0) is 0 Å². The highest BCUT2D eigenvalue weighted by molar-refractivity contribution is 9.11. The summed E-state index contributed by atoms with van der Waals surface area (Å²) in [7, 11) is 0. The Labute approximate surface area is 115 Å². The molecule has 0 spiro atoms. The molecule has 1 aliphatic carbocycles. The summed E-state index contributed by atoms with van der Waals surface area (Å²) in [5.74, 6) is 0. The molecule has 17 heavy (non-hydrogen) atoms. The van der Waals surface area contributed by atoms with Gasteiger partial charge in [-0.1, -0.05) is 25.7 Å². The molecule has 0 saturated heterocycles. The van der Waals surface area contributed by atoms with Crippen LogP contribution in [0, 0.1) is 5.41 Å². The topological polar surface area (TPSA) is 46.2 Å². The second-order valence-electron chi connectivity index (χ2n) is 5.03. The first-order chi connectivity index (χ1) is 8.18. The van der Waals surface area contributed by atoms with Crippen LogP contribution < -0.4 is 5.73 Å². The van der Waals surface area contributed by atoms with Gasteiger partial charge in [-0.25, -0.2) is 0 Å². The van der Waals surface area contributed by atoms with E-state index in [2.05, 4.69) is 15.9 Å². The van der Waals surface area contributed by atoms with Crippen LogP contribution in [0.5, 0.6) is 0 Å². The molecule has 1 aromatic rings. The van der Waals surface area contributed by atoms with Crippen LogP contribution in [0.15, 0.2) is 15.9 Å². The van der Waals surface area contributed by atoms with Gasteiger partial charge in [-0.3, -0.25) is 0 Å². The fraction of sp³-hybridized carbons (Fsp3) is 0.692. The summed E-state index contributed by atoms with van der Waals surface area (Å²) in [6.07, 6.45) is 6.66. The number of thiophene rings is 1. The van der Waals surface area contributed by atoms with Crippen molar-refractivity contribution in [2.24, 2.45) is 11.1 Å². The van der Waals surface area contributed by atoms with Gasteiger partial charge in [-0.2, -0.15) is 0 Å². The quantitative estimate of drug-likeness (QED) is 0.832. The molecule has 96 valence electrons. The van der Waals surface area contributed by atoms with E-state index < -0.39 is 6.10 Å². The Kier molecular flexibility index (Phi) is 4.64. The van der Waals surface area contributed by atoms with Crippen molar-refractivity contribution in [1.29, 1.82) is 0 Å². The summed E-state index contributed by atoms with van der Waals surface area (Å²) < 4.78 is 1.08. The fourth-order valence-corrected chi connectivity index (χ4v) is 4.35. The zero-order chi connectivity index (χ0) is 12.3. The van der Waals surface area contributed by atoms with Crippen LogP contribution in [-0.4, -0.2) is 11.7 Å². The minimum atomic E-state index is -0.401. The maximum atomic E-state index is 10.6. The monoisotopic (exact) mass is 317 g/mol. The van der Waals surface area contributed by atoms with E-state index in [1.165, 1.54) is 25.7 Å². The van der Waals surface area contributed by atoms with E-state index in [0.29, 0.717) is 6.54 Å². The molecule has 2 rings (SSSR count). The molecule has 0 aromatic carbocycles. The van der Waals surface area contributed by atoms with Crippen LogP contribution in [0.2, 0.25) is 0 Å². The van der Waals surface area contributed by atoms with Gasteiger partial charge in [0.25, 0.3) is 0 Å². The molecule has 2 nitrogen and oxygen atoms in total. The number of hydrogen-bond acceptors (Lipinski definition) is 3. The molecule has 1 saturated carbocycles. The normalized spacial score (nSPS) is 22.1. The molecule has 1 aromatic heterocycles. The highest BCUT2D eigenvalue weighted by Gasteiger charge is 2.38. The fourth-order valence-electron chi connectivity index (χ4n) is 2.80. The van der Waals surface area contributed by atoms with E-state index in [1.54, 1.807) is 11.3 Å². The number of nitrogens with two attached hydrogens (primary N) is 1. The first-order valence-electron chi connectivity index (χ1n) is 6.31. The molecule has 1 heterocycles. The lowest BCUT2D eigenvalue weighted by atomic mass is 9.75. The largest absolute Gasteiger partial charge is 0.387 e. The Bertz CT molecular complexity index is 358. The van der Waals surface area contributed by atoms with E-state index >= 15 is 0 Å². The third-order valence-electron chi connectivity index (χ3n) is 3.95. The lowest BCUT2D eigenvalue weighted by Gasteiger charge is -2.36. The highest BCUT2D eigenvalue weighted by atomic mass is 79.9. The van der Waals surface area contributed by atoms with Gasteiger partial charge in [-0.05, 0) is 40.9 Å². The zero-order valence-corrected chi connectivity index (χ0v) is 12.4. The number of aliphatic hydroxyl groups is 1. The molecule has 0 amide bonds. The SMILES string of the molecule is NCC1(C(O)c2ccc(Br)s2)CCCCCC1. The summed E-state index contributed by atoms with van der Waals surface area (Å²) in [5, 5.41) is 10.6. The van der Waals surface area contributed by atoms with Crippen LogP contribution in [0.25, 0.3) is 0 Å². The van der Waals surface area contributed by atoms with E-state index in [9.17, 15) is 5.11 Å². The van der Waals surface area contributed by atoms with Crippen LogP contribution in [0.3, 0.4) is 0 Å². The molecule has 3 N–H and O–H groups in total. The minimum Gasteiger partial charge on any atom is -0.387 e. The molecule has 0 bridgehead atoms. The average molecular weight is 318 g/mol. The van der Waals surface area contributed by atoms with Crippen molar-refractivity contribution < 1.29 is 5.11 Å². The molecule has 1 aliphatic rings. The Hall–Kier alpha value is 0.1000. The number of halogens is 1. The van der Waals surface area contributed by atoms with Crippen LogP contribution >= 0.6 is 27.3 Å². The predicted molar refractivity (Wildman–Crippen MR) is 76.2 cm³/mol. The summed E-state index contributed by atoms with van der Waals surface area (Å²) in [5.41, 5.74) is 5.89. The van der Waals surface area contributed by atoms with Crippen LogP contribution in [0.1, 0.15) is 49.5 Å². The predicted octanol–water partition coefficient (Wildman–Crippen LogP) is 3.84. The van der Waals surface area contributed by atoms with Crippen molar-refractivity contribution in [2.75, 3.05) is 6.54 Å². The van der Waals surface area contributed by atoms with Crippen molar-refractivity contribution in [2.45, 2.75) is 44.6 Å². The van der Waals surface area contributed by atoms with Crippen molar-refractivity contribution >= 4 is 27.3 Å². The van der Waals surface area contributed by atoms with Gasteiger partial charge >= 0.3 is 0 Å². The lowest BCUT2D eigenvalue weighted by molar-refractivity contribution is 0.0193. The number of hydrogen-bond donors (Lipinski definition) is 2. The zero-order valence-electron chi connectivity index (χ0n) is 9.99. The Morgan fingerprint density at radius 1 is 1.29 bits per heavy atom. The minimum absolute atomic E-state index is 0.0964. The molecule has 0 aliphatic heterocycles. The average Bonchev–Trinajstić information content (AvgIpc) is 2.64. The number of rotatable bonds is 3. The second-order valence-corrected chi connectivity index (χ2v) is 7.52. The highest BCUT2D eigenvalue weighted by Crippen LogP contribution is 2.46. The van der Waals surface area contributed by atoms with Gasteiger partial charge in [0.1, 0.15) is 0 Å². The van der Waals surface area contributed by atoms with Crippen LogP contribution in [0.4, 0.5) is 0 Å². The van der Waals surface area contributed by atoms with Crippen molar-refractivity contribution in [1.82, 2.24) is 0 Å². The van der Waals surface area contributed by atoms with Gasteiger partial charge in [0.15, 0.2) is 0 Å². The second kappa shape index (κ2) is 5.83. The standard InChI is InChI=1S/C13H20BrNOS/c14-11-6-5-10(17-11)12(16)13(9-15)7-3-1-2-4-8-13/h5-6,12,16H,1-4,7-9,15H2. The molecule has 4 heteroatoms. The molecule has 1 atom stereocenters. The van der Waals surface area contributed by atoms with E-state index in [4.69, 9.17) is 5.73 Å². The maximum absolute atomic E-state index is 10.6. The van der Waals surface area contributed by atoms with Crippen molar-refractivity contribution in [3.05, 3.63) is 20.8 Å². The third-order valence-corrected chi connectivity index (χ3v) is 5.63. The van der Waals surface area contributed by atoms with Gasteiger partial charge in [0.05, 0.1) is 9.89 Å². The summed E-state index contributed by atoms with van der Waals surface area (Å²) in [4.78, 5) is 1.05. The van der Waals surface area contributed by atoms with Crippen molar-refractivity contribution in [3.63, 3.8) is 0 Å². The van der Waals surface area contributed by atoms with Crippen molar-refractivity contribution in [3.8, 4) is 0 Å². The first-order valence-corrected chi connectivity index (χ1v) is 7.92. The Balaban J connectivity index is 2.21. The lowest BCUT2D eigenvalue weighted by Crippen LogP contribution is -2.36. The first kappa shape index (κ1) is 13.5. The van der Waals surface area contributed by atoms with Gasteiger partial charge in [-0.15, -0.1) is 11.3 Å². The molecular formula is C13H20BrNOS. The van der Waals surface area contributed by atoms with Gasteiger partial charge in [0, 0.05) is 16.8 Å². The Morgan fingerprint density at radius 2 is 1.94 bits per heavy atom. The Morgan fingerprint density at radius 3 is 2.41 bits per heavy atom. The summed E-state index contributed by atoms with van der Waals surface area (Å²) >= 11 is 5.08. The molecule has 0 radical (unpaired) electrons. The molecule has 1 unspecified atom stereocenters. The van der Waals surface area contributed by atoms with Gasteiger partial charge in [0.2, 0.25) is 0 Å². The maximum Gasteiger partial charge on any atom is 0.0950 e. The molecule has 1 fully saturated rings.